The summed E-state index contributed by atoms with van der Waals surface area (Å²) in [5.41, 5.74) is 1.58. The van der Waals surface area contributed by atoms with Gasteiger partial charge in [-0.05, 0) is 44.4 Å². The highest BCUT2D eigenvalue weighted by Crippen LogP contribution is 2.22. The molecule has 2 aromatic carbocycles. The van der Waals surface area contributed by atoms with Crippen molar-refractivity contribution in [1.29, 1.82) is 0 Å². The summed E-state index contributed by atoms with van der Waals surface area (Å²) in [4.78, 5) is 23.6. The van der Waals surface area contributed by atoms with E-state index in [9.17, 15) is 14.0 Å². The summed E-state index contributed by atoms with van der Waals surface area (Å²) in [5, 5.41) is 2.93. The van der Waals surface area contributed by atoms with E-state index in [1.807, 2.05) is 25.1 Å². The van der Waals surface area contributed by atoms with E-state index in [1.54, 1.807) is 12.1 Å². The molecule has 2 aromatic rings. The van der Waals surface area contributed by atoms with Crippen LogP contribution in [-0.4, -0.2) is 23.5 Å². The van der Waals surface area contributed by atoms with Crippen molar-refractivity contribution < 1.29 is 14.0 Å². The van der Waals surface area contributed by atoms with Crippen molar-refractivity contribution in [3.05, 3.63) is 65.5 Å². The molecule has 1 unspecified atom stereocenters. The quantitative estimate of drug-likeness (QED) is 0.566. The van der Waals surface area contributed by atoms with Crippen LogP contribution in [-0.2, 0) is 11.2 Å². The molecule has 25 heavy (non-hydrogen) atoms. The monoisotopic (exact) mass is 359 g/mol. The number of ketones is 1. The molecule has 1 N–H and O–H groups in total. The number of thioether (sulfide) groups is 1. The van der Waals surface area contributed by atoms with Gasteiger partial charge in [-0.25, -0.2) is 4.39 Å². The van der Waals surface area contributed by atoms with E-state index in [1.165, 1.54) is 18.6 Å². The third-order valence-electron chi connectivity index (χ3n) is 3.81. The van der Waals surface area contributed by atoms with Gasteiger partial charge >= 0.3 is 0 Å². The highest BCUT2D eigenvalue weighted by Gasteiger charge is 2.11. The lowest BCUT2D eigenvalue weighted by Gasteiger charge is -2.14. The molecule has 0 aliphatic rings. The molecule has 0 saturated heterocycles. The van der Waals surface area contributed by atoms with Gasteiger partial charge in [-0.2, -0.15) is 0 Å². The molecule has 0 heterocycles. The molecule has 0 aliphatic carbocycles. The van der Waals surface area contributed by atoms with Crippen molar-refractivity contribution in [3.8, 4) is 0 Å². The number of hydrogen-bond acceptors (Lipinski definition) is 3. The number of carbonyl (C=O) groups is 2. The van der Waals surface area contributed by atoms with E-state index >= 15 is 0 Å². The predicted octanol–water partition coefficient (Wildman–Crippen LogP) is 4.26. The van der Waals surface area contributed by atoms with Crippen LogP contribution in [0, 0.1) is 5.82 Å². The zero-order chi connectivity index (χ0) is 18.2. The van der Waals surface area contributed by atoms with Crippen LogP contribution < -0.4 is 5.32 Å². The normalized spacial score (nSPS) is 11.8. The lowest BCUT2D eigenvalue weighted by atomic mass is 10.1. The number of Topliss-reactive ketones (excluding diaryl/α,β-unsaturated/α-hetero) is 1. The molecule has 0 saturated carbocycles. The molecule has 1 atom stereocenters. The maximum absolute atomic E-state index is 13.9. The number of aryl methyl sites for hydroxylation is 1. The predicted molar refractivity (Wildman–Crippen MR) is 99.5 cm³/mol. The third kappa shape index (κ3) is 6.35. The maximum Gasteiger partial charge on any atom is 0.230 e. The number of hydrogen-bond donors (Lipinski definition) is 1. The lowest BCUT2D eigenvalue weighted by molar-refractivity contribution is -0.119. The third-order valence-corrected chi connectivity index (χ3v) is 4.86. The first-order chi connectivity index (χ1) is 12.0. The van der Waals surface area contributed by atoms with Crippen molar-refractivity contribution in [2.45, 2.75) is 37.6 Å². The molecule has 1 amide bonds. The Morgan fingerprint density at radius 1 is 1.16 bits per heavy atom. The molecule has 0 aromatic heterocycles. The molecule has 3 nitrogen and oxygen atoms in total. The van der Waals surface area contributed by atoms with Crippen LogP contribution in [0.5, 0.6) is 0 Å². The summed E-state index contributed by atoms with van der Waals surface area (Å²) in [6.07, 6.45) is 1.75. The van der Waals surface area contributed by atoms with E-state index in [0.717, 1.165) is 24.6 Å². The fourth-order valence-corrected chi connectivity index (χ4v) is 3.13. The van der Waals surface area contributed by atoms with Crippen LogP contribution >= 0.6 is 11.8 Å². The zero-order valence-electron chi connectivity index (χ0n) is 14.4. The Labute approximate surface area is 152 Å². The average molecular weight is 359 g/mol. The second-order valence-electron chi connectivity index (χ2n) is 5.98. The first-order valence-electron chi connectivity index (χ1n) is 8.22. The summed E-state index contributed by atoms with van der Waals surface area (Å²) in [6, 6.07) is 14.5. The number of halogens is 1. The van der Waals surface area contributed by atoms with Gasteiger partial charge in [0.15, 0.2) is 5.78 Å². The Hall–Kier alpha value is -2.14. The number of benzene rings is 2. The first kappa shape index (κ1) is 19.2. The highest BCUT2D eigenvalue weighted by atomic mass is 32.2. The number of amides is 1. The second kappa shape index (κ2) is 9.37. The molecular formula is C20H22FNO2S. The number of rotatable bonds is 8. The van der Waals surface area contributed by atoms with Crippen LogP contribution in [0.25, 0.3) is 0 Å². The standard InChI is InChI=1S/C20H22FNO2S/c1-14(8-9-16-6-4-3-5-7-16)22-20(24)13-25-19-11-10-17(15(2)23)12-18(19)21/h3-7,10-12,14H,8-9,13H2,1-2H3,(H,22,24). The average Bonchev–Trinajstić information content (AvgIpc) is 2.59. The molecule has 0 fully saturated rings. The topological polar surface area (TPSA) is 46.2 Å². The van der Waals surface area contributed by atoms with Gasteiger partial charge in [0.05, 0.1) is 5.75 Å². The highest BCUT2D eigenvalue weighted by molar-refractivity contribution is 8.00. The van der Waals surface area contributed by atoms with Gasteiger partial charge in [0.2, 0.25) is 5.91 Å². The summed E-state index contributed by atoms with van der Waals surface area (Å²) >= 11 is 1.13. The Kier molecular flexibility index (Phi) is 7.19. The molecule has 132 valence electrons. The molecule has 0 spiro atoms. The zero-order valence-corrected chi connectivity index (χ0v) is 15.2. The Morgan fingerprint density at radius 2 is 1.88 bits per heavy atom. The van der Waals surface area contributed by atoms with Crippen LogP contribution in [0.1, 0.15) is 36.2 Å². The summed E-state index contributed by atoms with van der Waals surface area (Å²) < 4.78 is 13.9. The lowest BCUT2D eigenvalue weighted by Crippen LogP contribution is -2.34. The van der Waals surface area contributed by atoms with Gasteiger partial charge < -0.3 is 5.32 Å². The van der Waals surface area contributed by atoms with Crippen molar-refractivity contribution in [3.63, 3.8) is 0 Å². The van der Waals surface area contributed by atoms with Gasteiger partial charge in [-0.15, -0.1) is 11.8 Å². The van der Waals surface area contributed by atoms with E-state index in [-0.39, 0.29) is 23.5 Å². The van der Waals surface area contributed by atoms with Crippen molar-refractivity contribution in [1.82, 2.24) is 5.32 Å². The van der Waals surface area contributed by atoms with Gasteiger partial charge in [-0.1, -0.05) is 36.4 Å². The number of carbonyl (C=O) groups excluding carboxylic acids is 2. The summed E-state index contributed by atoms with van der Waals surface area (Å²) in [5.74, 6) is -0.630. The largest absolute Gasteiger partial charge is 0.353 e. The Bertz CT molecular complexity index is 734. The van der Waals surface area contributed by atoms with Gasteiger partial charge in [0, 0.05) is 16.5 Å². The van der Waals surface area contributed by atoms with Crippen LogP contribution in [0.2, 0.25) is 0 Å². The fraction of sp³-hybridized carbons (Fsp3) is 0.300. The second-order valence-corrected chi connectivity index (χ2v) is 7.00. The smallest absolute Gasteiger partial charge is 0.230 e. The first-order valence-corrected chi connectivity index (χ1v) is 9.21. The number of nitrogens with one attached hydrogen (secondary N) is 1. The molecular weight excluding hydrogens is 337 g/mol. The van der Waals surface area contributed by atoms with Gasteiger partial charge in [-0.3, -0.25) is 9.59 Å². The molecule has 0 radical (unpaired) electrons. The van der Waals surface area contributed by atoms with E-state index in [0.29, 0.717) is 10.5 Å². The molecule has 5 heteroatoms. The molecule has 0 bridgehead atoms. The Morgan fingerprint density at radius 3 is 2.52 bits per heavy atom. The molecule has 0 aliphatic heterocycles. The van der Waals surface area contributed by atoms with Crippen LogP contribution in [0.15, 0.2) is 53.4 Å². The van der Waals surface area contributed by atoms with Crippen molar-refractivity contribution >= 4 is 23.5 Å². The maximum atomic E-state index is 13.9. The Balaban J connectivity index is 1.77. The van der Waals surface area contributed by atoms with Gasteiger partial charge in [0.1, 0.15) is 5.82 Å². The summed E-state index contributed by atoms with van der Waals surface area (Å²) in [7, 11) is 0. The minimum Gasteiger partial charge on any atom is -0.353 e. The van der Waals surface area contributed by atoms with Crippen LogP contribution in [0.4, 0.5) is 4.39 Å². The van der Waals surface area contributed by atoms with E-state index < -0.39 is 5.82 Å². The fourth-order valence-electron chi connectivity index (χ4n) is 2.40. The molecule has 2 rings (SSSR count). The van der Waals surface area contributed by atoms with Crippen molar-refractivity contribution in [2.75, 3.05) is 5.75 Å². The minimum atomic E-state index is -0.470. The van der Waals surface area contributed by atoms with Gasteiger partial charge in [0.25, 0.3) is 0 Å². The van der Waals surface area contributed by atoms with E-state index in [2.05, 4.69) is 17.4 Å². The van der Waals surface area contributed by atoms with E-state index in [4.69, 9.17) is 0 Å². The minimum absolute atomic E-state index is 0.0539. The SMILES string of the molecule is CC(=O)c1ccc(SCC(=O)NC(C)CCc2ccccc2)c(F)c1. The van der Waals surface area contributed by atoms with Crippen LogP contribution in [0.3, 0.4) is 0 Å². The summed E-state index contributed by atoms with van der Waals surface area (Å²) in [6.45, 7) is 3.36. The van der Waals surface area contributed by atoms with Crippen molar-refractivity contribution in [2.24, 2.45) is 0 Å².